The first kappa shape index (κ1) is 15.4. The van der Waals surface area contributed by atoms with Crippen LogP contribution in [0.3, 0.4) is 0 Å². The standard InChI is InChI=1S/C17H22N2O3S/c1-2-18-17-19-13-12(23-17)8-11-9-21-16(22-15(11)14(13)20)10-6-4-3-5-7-10/h3-7,11-16,20H,2,8-9H2,1H3,(H,18,19). The first-order chi connectivity index (χ1) is 11.3. The first-order valence-corrected chi connectivity index (χ1v) is 9.12. The van der Waals surface area contributed by atoms with Gasteiger partial charge in [-0.1, -0.05) is 42.1 Å². The topological polar surface area (TPSA) is 63.1 Å². The van der Waals surface area contributed by atoms with E-state index < -0.39 is 12.4 Å². The normalized spacial score (nSPS) is 39.3. The molecule has 0 aromatic heterocycles. The molecule has 6 heteroatoms. The van der Waals surface area contributed by atoms with Crippen molar-refractivity contribution < 1.29 is 14.6 Å². The number of nitrogens with one attached hydrogen (secondary N) is 1. The van der Waals surface area contributed by atoms with Crippen molar-refractivity contribution in [2.45, 2.75) is 43.1 Å². The molecule has 0 bridgehead atoms. The summed E-state index contributed by atoms with van der Waals surface area (Å²) in [5, 5.41) is 15.3. The third kappa shape index (κ3) is 2.89. The molecule has 23 heavy (non-hydrogen) atoms. The summed E-state index contributed by atoms with van der Waals surface area (Å²) >= 11 is 1.74. The third-order valence-corrected chi connectivity index (χ3v) is 5.99. The number of nitrogens with zero attached hydrogens (tertiary/aromatic N) is 1. The van der Waals surface area contributed by atoms with E-state index in [9.17, 15) is 5.11 Å². The predicted molar refractivity (Wildman–Crippen MR) is 90.4 cm³/mol. The molecule has 1 aliphatic carbocycles. The first-order valence-electron chi connectivity index (χ1n) is 8.24. The minimum Gasteiger partial charge on any atom is -0.388 e. The molecule has 1 aromatic carbocycles. The predicted octanol–water partition coefficient (Wildman–Crippen LogP) is 1.93. The van der Waals surface area contributed by atoms with Crippen LogP contribution in [0.15, 0.2) is 35.3 Å². The van der Waals surface area contributed by atoms with Crippen molar-refractivity contribution in [3.05, 3.63) is 35.9 Å². The van der Waals surface area contributed by atoms with E-state index >= 15 is 0 Å². The average Bonchev–Trinajstić information content (AvgIpc) is 2.99. The highest BCUT2D eigenvalue weighted by molar-refractivity contribution is 8.14. The Morgan fingerprint density at radius 3 is 2.96 bits per heavy atom. The smallest absolute Gasteiger partial charge is 0.184 e. The molecule has 0 spiro atoms. The van der Waals surface area contributed by atoms with E-state index in [1.165, 1.54) is 0 Å². The van der Waals surface area contributed by atoms with Crippen LogP contribution in [0, 0.1) is 5.92 Å². The number of aliphatic hydroxyl groups excluding tert-OH is 1. The van der Waals surface area contributed by atoms with Crippen molar-refractivity contribution in [3.8, 4) is 0 Å². The lowest BCUT2D eigenvalue weighted by Gasteiger charge is -2.45. The number of ether oxygens (including phenoxy) is 2. The average molecular weight is 334 g/mol. The van der Waals surface area contributed by atoms with Gasteiger partial charge in [-0.3, -0.25) is 4.99 Å². The highest BCUT2D eigenvalue weighted by atomic mass is 32.2. The second-order valence-corrected chi connectivity index (χ2v) is 7.50. The molecule has 0 radical (unpaired) electrons. The molecule has 6 unspecified atom stereocenters. The SMILES string of the molecule is CCNC1=NC2C(CC3COC(c4ccccc4)OC3C2O)S1. The van der Waals surface area contributed by atoms with Crippen LogP contribution in [0.1, 0.15) is 25.2 Å². The molecule has 2 N–H and O–H groups in total. The van der Waals surface area contributed by atoms with Crippen LogP contribution in [0.2, 0.25) is 0 Å². The molecule has 1 aromatic rings. The van der Waals surface area contributed by atoms with E-state index in [1.54, 1.807) is 11.8 Å². The van der Waals surface area contributed by atoms with Gasteiger partial charge in [0.25, 0.3) is 0 Å². The van der Waals surface area contributed by atoms with Gasteiger partial charge in [-0.2, -0.15) is 0 Å². The van der Waals surface area contributed by atoms with Crippen LogP contribution in [-0.2, 0) is 9.47 Å². The number of hydrogen-bond donors (Lipinski definition) is 2. The summed E-state index contributed by atoms with van der Waals surface area (Å²) in [5.41, 5.74) is 0.998. The number of benzene rings is 1. The summed E-state index contributed by atoms with van der Waals surface area (Å²) in [6.07, 6.45) is -0.204. The number of aliphatic imine (C=N–C) groups is 1. The zero-order valence-corrected chi connectivity index (χ0v) is 13.9. The van der Waals surface area contributed by atoms with Gasteiger partial charge >= 0.3 is 0 Å². The quantitative estimate of drug-likeness (QED) is 0.865. The van der Waals surface area contributed by atoms with E-state index in [0.717, 1.165) is 23.7 Å². The van der Waals surface area contributed by atoms with Gasteiger partial charge in [-0.15, -0.1) is 0 Å². The molecule has 0 amide bonds. The minimum absolute atomic E-state index is 0.0789. The molecule has 2 heterocycles. The van der Waals surface area contributed by atoms with Crippen LogP contribution in [0.5, 0.6) is 0 Å². The zero-order chi connectivity index (χ0) is 15.8. The summed E-state index contributed by atoms with van der Waals surface area (Å²) in [6.45, 7) is 3.54. The Morgan fingerprint density at radius 2 is 2.17 bits per heavy atom. The lowest BCUT2D eigenvalue weighted by molar-refractivity contribution is -0.270. The maximum Gasteiger partial charge on any atom is 0.184 e. The third-order valence-electron chi connectivity index (χ3n) is 4.74. The zero-order valence-electron chi connectivity index (χ0n) is 13.1. The fourth-order valence-corrected chi connectivity index (χ4v) is 5.02. The van der Waals surface area contributed by atoms with E-state index in [2.05, 4.69) is 17.2 Å². The summed E-state index contributed by atoms with van der Waals surface area (Å²) in [6, 6.07) is 9.84. The Morgan fingerprint density at radius 1 is 1.35 bits per heavy atom. The second-order valence-electron chi connectivity index (χ2n) is 6.27. The van der Waals surface area contributed by atoms with Crippen molar-refractivity contribution >= 4 is 16.9 Å². The van der Waals surface area contributed by atoms with Crippen molar-refractivity contribution in [2.75, 3.05) is 13.2 Å². The summed E-state index contributed by atoms with van der Waals surface area (Å²) in [4.78, 5) is 4.67. The molecule has 6 atom stereocenters. The number of aliphatic hydroxyl groups is 1. The van der Waals surface area contributed by atoms with Gasteiger partial charge in [0.05, 0.1) is 18.8 Å². The maximum absolute atomic E-state index is 10.8. The van der Waals surface area contributed by atoms with E-state index in [-0.39, 0.29) is 18.1 Å². The van der Waals surface area contributed by atoms with E-state index in [1.807, 2.05) is 30.3 Å². The summed E-state index contributed by atoms with van der Waals surface area (Å²) in [7, 11) is 0. The van der Waals surface area contributed by atoms with Crippen LogP contribution >= 0.6 is 11.8 Å². The van der Waals surface area contributed by atoms with Gasteiger partial charge in [0, 0.05) is 23.3 Å². The number of fused-ring (bicyclic) bond motifs is 2. The van der Waals surface area contributed by atoms with Crippen molar-refractivity contribution in [1.82, 2.24) is 5.32 Å². The van der Waals surface area contributed by atoms with Gasteiger partial charge < -0.3 is 19.9 Å². The highest BCUT2D eigenvalue weighted by Crippen LogP contribution is 2.44. The highest BCUT2D eigenvalue weighted by Gasteiger charge is 2.50. The Bertz CT molecular complexity index is 582. The molecular formula is C17H22N2O3S. The Labute approximate surface area is 140 Å². The van der Waals surface area contributed by atoms with Gasteiger partial charge in [-0.05, 0) is 13.3 Å². The molecule has 1 saturated carbocycles. The molecular weight excluding hydrogens is 312 g/mol. The molecule has 3 aliphatic rings. The van der Waals surface area contributed by atoms with Crippen LogP contribution in [-0.4, -0.2) is 46.9 Å². The number of thioether (sulfide) groups is 1. The Kier molecular flexibility index (Phi) is 4.32. The lowest BCUT2D eigenvalue weighted by atomic mass is 9.81. The van der Waals surface area contributed by atoms with Crippen LogP contribution in [0.4, 0.5) is 0 Å². The molecule has 1 saturated heterocycles. The monoisotopic (exact) mass is 334 g/mol. The Hall–Kier alpha value is -1.08. The fraction of sp³-hybridized carbons (Fsp3) is 0.588. The lowest BCUT2D eigenvalue weighted by Crippen LogP contribution is -2.55. The van der Waals surface area contributed by atoms with Gasteiger partial charge in [0.1, 0.15) is 6.10 Å². The van der Waals surface area contributed by atoms with Gasteiger partial charge in [0.2, 0.25) is 0 Å². The molecule has 2 fully saturated rings. The second kappa shape index (κ2) is 6.43. The molecule has 4 rings (SSSR count). The van der Waals surface area contributed by atoms with Crippen LogP contribution < -0.4 is 5.32 Å². The van der Waals surface area contributed by atoms with E-state index in [0.29, 0.717) is 11.9 Å². The molecule has 5 nitrogen and oxygen atoms in total. The number of amidine groups is 1. The molecule has 124 valence electrons. The van der Waals surface area contributed by atoms with Gasteiger partial charge in [-0.25, -0.2) is 0 Å². The van der Waals surface area contributed by atoms with Gasteiger partial charge in [0.15, 0.2) is 11.5 Å². The van der Waals surface area contributed by atoms with Crippen molar-refractivity contribution in [1.29, 1.82) is 0 Å². The summed E-state index contributed by atoms with van der Waals surface area (Å²) < 4.78 is 12.0. The van der Waals surface area contributed by atoms with Crippen LogP contribution in [0.25, 0.3) is 0 Å². The molecule has 2 aliphatic heterocycles. The van der Waals surface area contributed by atoms with E-state index in [4.69, 9.17) is 9.47 Å². The summed E-state index contributed by atoms with van der Waals surface area (Å²) in [5.74, 6) is 0.231. The number of hydrogen-bond acceptors (Lipinski definition) is 6. The fourth-order valence-electron chi connectivity index (χ4n) is 3.62. The van der Waals surface area contributed by atoms with Crippen molar-refractivity contribution in [2.24, 2.45) is 10.9 Å². The maximum atomic E-state index is 10.8. The number of rotatable bonds is 2. The van der Waals surface area contributed by atoms with Crippen molar-refractivity contribution in [3.63, 3.8) is 0 Å². The largest absolute Gasteiger partial charge is 0.388 e. The Balaban J connectivity index is 1.50. The minimum atomic E-state index is -0.572.